The summed E-state index contributed by atoms with van der Waals surface area (Å²) in [5.41, 5.74) is 7.74. The summed E-state index contributed by atoms with van der Waals surface area (Å²) in [6, 6.07) is 78.8. The lowest BCUT2D eigenvalue weighted by Gasteiger charge is -2.24. The van der Waals surface area contributed by atoms with Gasteiger partial charge in [0, 0.05) is 32.7 Å². The van der Waals surface area contributed by atoms with E-state index in [4.69, 9.17) is 14.4 Å². The zero-order chi connectivity index (χ0) is 44.5. The van der Waals surface area contributed by atoms with Crippen molar-refractivity contribution in [3.63, 3.8) is 0 Å². The molecular formula is C63H38N4O. The number of amidine groups is 2. The first-order chi connectivity index (χ1) is 33.7. The van der Waals surface area contributed by atoms with Gasteiger partial charge in [-0.2, -0.15) is 0 Å². The first-order valence-electron chi connectivity index (χ1n) is 23.2. The summed E-state index contributed by atoms with van der Waals surface area (Å²) in [6.45, 7) is 0. The average Bonchev–Trinajstić information content (AvgIpc) is 3.95. The summed E-state index contributed by atoms with van der Waals surface area (Å²) in [6.07, 6.45) is -0.424. The van der Waals surface area contributed by atoms with Crippen molar-refractivity contribution in [2.24, 2.45) is 9.98 Å². The standard InChI is InChI=1S/C63H38N4O/c1-2-15-41-35-56-54(33-40(41)14-1)59-51-18-8-5-13-39(51)27-30-55(59)67(56)57-36-46(34-53-52-19-9-10-20-58(52)68-60(53)57)63-65-61(44-25-28-49-42(31-44)23-21-37-11-3-6-16-47(37)49)64-62(66-63)45-26-29-50-43(32-45)24-22-38-12-4-7-17-48(38)50/h1-36,61H,(H,64,65,66). The van der Waals surface area contributed by atoms with E-state index in [9.17, 15) is 0 Å². The molecule has 0 saturated carbocycles. The van der Waals surface area contributed by atoms with Crippen molar-refractivity contribution in [1.29, 1.82) is 0 Å². The van der Waals surface area contributed by atoms with Gasteiger partial charge in [-0.25, -0.2) is 9.98 Å². The van der Waals surface area contributed by atoms with E-state index in [0.717, 1.165) is 66.6 Å². The maximum absolute atomic E-state index is 6.94. The van der Waals surface area contributed by atoms with Gasteiger partial charge in [-0.1, -0.05) is 170 Å². The number of aliphatic imine (C=N–C) groups is 2. The van der Waals surface area contributed by atoms with Crippen molar-refractivity contribution in [1.82, 2.24) is 9.88 Å². The molecule has 5 nitrogen and oxygen atoms in total. The zero-order valence-corrected chi connectivity index (χ0v) is 36.6. The molecule has 0 bridgehead atoms. The summed E-state index contributed by atoms with van der Waals surface area (Å²) in [5.74, 6) is 1.41. The van der Waals surface area contributed by atoms with Gasteiger partial charge in [0.05, 0.1) is 16.7 Å². The first-order valence-corrected chi connectivity index (χ1v) is 23.2. The summed E-state index contributed by atoms with van der Waals surface area (Å²) < 4.78 is 9.34. The minimum absolute atomic E-state index is 0.424. The van der Waals surface area contributed by atoms with E-state index >= 15 is 0 Å². The third-order valence-corrected chi connectivity index (χ3v) is 14.3. The Bertz CT molecular complexity index is 4550. The number of nitrogens with zero attached hydrogens (tertiary/aromatic N) is 3. The maximum atomic E-state index is 6.94. The van der Waals surface area contributed by atoms with E-state index in [1.807, 2.05) is 6.07 Å². The van der Waals surface area contributed by atoms with Crippen LogP contribution in [-0.4, -0.2) is 16.2 Å². The van der Waals surface area contributed by atoms with Gasteiger partial charge in [-0.15, -0.1) is 0 Å². The maximum Gasteiger partial charge on any atom is 0.159 e. The first kappa shape index (κ1) is 37.2. The van der Waals surface area contributed by atoms with Gasteiger partial charge in [0.1, 0.15) is 17.6 Å². The van der Waals surface area contributed by atoms with Crippen LogP contribution in [0.1, 0.15) is 22.9 Å². The lowest BCUT2D eigenvalue weighted by Crippen LogP contribution is -2.33. The van der Waals surface area contributed by atoms with Gasteiger partial charge in [0.15, 0.2) is 11.4 Å². The largest absolute Gasteiger partial charge is 0.454 e. The molecule has 68 heavy (non-hydrogen) atoms. The Kier molecular flexibility index (Phi) is 7.78. The predicted molar refractivity (Wildman–Crippen MR) is 285 cm³/mol. The molecule has 3 heterocycles. The second-order valence-corrected chi connectivity index (χ2v) is 18.2. The fourth-order valence-electron chi connectivity index (χ4n) is 11.1. The van der Waals surface area contributed by atoms with Crippen LogP contribution in [-0.2, 0) is 0 Å². The second kappa shape index (κ2) is 14.2. The molecular weight excluding hydrogens is 829 g/mol. The van der Waals surface area contributed by atoms with Crippen LogP contribution in [0.4, 0.5) is 0 Å². The molecule has 0 spiro atoms. The van der Waals surface area contributed by atoms with E-state index in [0.29, 0.717) is 5.84 Å². The van der Waals surface area contributed by atoms with Gasteiger partial charge in [0.2, 0.25) is 0 Å². The molecule has 1 N–H and O–H groups in total. The topological polar surface area (TPSA) is 54.8 Å². The smallest absolute Gasteiger partial charge is 0.159 e. The third kappa shape index (κ3) is 5.56. The Labute approximate surface area is 389 Å². The molecule has 0 saturated heterocycles. The number of hydrogen-bond donors (Lipinski definition) is 1. The molecule has 12 aromatic carbocycles. The molecule has 1 aliphatic rings. The third-order valence-electron chi connectivity index (χ3n) is 14.3. The molecule has 1 atom stereocenters. The molecule has 15 rings (SSSR count). The molecule has 0 radical (unpaired) electrons. The Morgan fingerprint density at radius 2 is 0.985 bits per heavy atom. The second-order valence-electron chi connectivity index (χ2n) is 18.2. The van der Waals surface area contributed by atoms with Crippen LogP contribution in [0.15, 0.2) is 233 Å². The number of aromatic nitrogens is 1. The van der Waals surface area contributed by atoms with Crippen molar-refractivity contribution in [2.45, 2.75) is 6.17 Å². The summed E-state index contributed by atoms with van der Waals surface area (Å²) in [5, 5.41) is 22.8. The summed E-state index contributed by atoms with van der Waals surface area (Å²) in [4.78, 5) is 11.0. The number of nitrogens with one attached hydrogen (secondary N) is 1. The number of fused-ring (bicyclic) bond motifs is 15. The van der Waals surface area contributed by atoms with Crippen molar-refractivity contribution >= 4 is 120 Å². The van der Waals surface area contributed by atoms with Crippen molar-refractivity contribution < 1.29 is 4.42 Å². The van der Waals surface area contributed by atoms with Crippen LogP contribution in [0.2, 0.25) is 0 Å². The minimum atomic E-state index is -0.424. The lowest BCUT2D eigenvalue weighted by atomic mass is 9.98. The minimum Gasteiger partial charge on any atom is -0.454 e. The van der Waals surface area contributed by atoms with E-state index in [1.165, 1.54) is 70.0 Å². The van der Waals surface area contributed by atoms with Gasteiger partial charge in [-0.05, 0) is 119 Å². The predicted octanol–water partition coefficient (Wildman–Crippen LogP) is 16.1. The van der Waals surface area contributed by atoms with Crippen LogP contribution >= 0.6 is 0 Å². The number of benzene rings is 12. The van der Waals surface area contributed by atoms with Crippen LogP contribution in [0.25, 0.3) is 114 Å². The Balaban J connectivity index is 0.997. The fourth-order valence-corrected chi connectivity index (χ4v) is 11.1. The summed E-state index contributed by atoms with van der Waals surface area (Å²) >= 11 is 0. The quantitative estimate of drug-likeness (QED) is 0.179. The van der Waals surface area contributed by atoms with Crippen molar-refractivity contribution in [2.75, 3.05) is 0 Å². The number of para-hydroxylation sites is 1. The Hall–Kier alpha value is -9.06. The zero-order valence-electron chi connectivity index (χ0n) is 36.6. The van der Waals surface area contributed by atoms with Gasteiger partial charge in [0.25, 0.3) is 0 Å². The number of hydrogen-bond acceptors (Lipinski definition) is 4. The van der Waals surface area contributed by atoms with Crippen molar-refractivity contribution in [3.05, 3.63) is 235 Å². The SMILES string of the molecule is c1ccc2cc3c(cc2c1)c1c2ccccc2ccc1n3-c1cc(C2=NC(c3ccc4c(ccc5ccccc54)c3)NC(c3ccc4c(ccc5ccccc54)c3)=N2)cc2c1oc1ccccc12. The molecule has 0 fully saturated rings. The molecule has 5 heteroatoms. The summed E-state index contributed by atoms with van der Waals surface area (Å²) in [7, 11) is 0. The van der Waals surface area contributed by atoms with Crippen molar-refractivity contribution in [3.8, 4) is 5.69 Å². The van der Waals surface area contributed by atoms with Gasteiger partial charge >= 0.3 is 0 Å². The van der Waals surface area contributed by atoms with Gasteiger partial charge < -0.3 is 14.3 Å². The monoisotopic (exact) mass is 866 g/mol. The molecule has 2 aromatic heterocycles. The average molecular weight is 867 g/mol. The Morgan fingerprint density at radius 1 is 0.397 bits per heavy atom. The molecule has 14 aromatic rings. The van der Waals surface area contributed by atoms with E-state index in [1.54, 1.807) is 0 Å². The van der Waals surface area contributed by atoms with Crippen LogP contribution in [0.3, 0.4) is 0 Å². The fraction of sp³-hybridized carbons (Fsp3) is 0.0159. The van der Waals surface area contributed by atoms with E-state index < -0.39 is 6.17 Å². The highest BCUT2D eigenvalue weighted by atomic mass is 16.3. The number of rotatable bonds is 4. The molecule has 1 aliphatic heterocycles. The van der Waals surface area contributed by atoms with Crippen LogP contribution in [0.5, 0.6) is 0 Å². The highest BCUT2D eigenvalue weighted by Crippen LogP contribution is 2.43. The molecule has 0 aliphatic carbocycles. The number of furan rings is 1. The van der Waals surface area contributed by atoms with Gasteiger partial charge in [-0.3, -0.25) is 0 Å². The van der Waals surface area contributed by atoms with E-state index in [2.05, 4.69) is 222 Å². The highest BCUT2D eigenvalue weighted by Gasteiger charge is 2.26. The van der Waals surface area contributed by atoms with Crippen LogP contribution < -0.4 is 5.32 Å². The lowest BCUT2D eigenvalue weighted by molar-refractivity contribution is 0.666. The van der Waals surface area contributed by atoms with E-state index in [-0.39, 0.29) is 0 Å². The normalized spacial score (nSPS) is 14.3. The Morgan fingerprint density at radius 3 is 1.75 bits per heavy atom. The van der Waals surface area contributed by atoms with Crippen LogP contribution in [0, 0.1) is 0 Å². The molecule has 316 valence electrons. The highest BCUT2D eigenvalue weighted by molar-refractivity contribution is 6.25. The molecule has 0 amide bonds. The molecule has 1 unspecified atom stereocenters.